The summed E-state index contributed by atoms with van der Waals surface area (Å²) >= 11 is 1.82. The lowest BCUT2D eigenvalue weighted by Gasteiger charge is -2.23. The number of benzene rings is 2. The van der Waals surface area contributed by atoms with Crippen molar-refractivity contribution >= 4 is 34.8 Å². The van der Waals surface area contributed by atoms with Crippen LogP contribution in [0.4, 0.5) is 11.4 Å². The van der Waals surface area contributed by atoms with Gasteiger partial charge in [-0.15, -0.1) is 11.8 Å². The molecule has 0 spiro atoms. The topological polar surface area (TPSA) is 49.4 Å². The third-order valence-electron chi connectivity index (χ3n) is 4.26. The summed E-state index contributed by atoms with van der Waals surface area (Å²) in [7, 11) is 0. The van der Waals surface area contributed by atoms with Crippen LogP contribution >= 0.6 is 11.8 Å². The highest BCUT2D eigenvalue weighted by molar-refractivity contribution is 8.00. The van der Waals surface area contributed by atoms with E-state index in [0.717, 1.165) is 29.2 Å². The zero-order valence-corrected chi connectivity index (χ0v) is 15.3. The highest BCUT2D eigenvalue weighted by atomic mass is 32.2. The number of carbonyl (C=O) groups excluding carboxylic acids is 2. The Morgan fingerprint density at radius 1 is 1.20 bits per heavy atom. The molecule has 0 bridgehead atoms. The summed E-state index contributed by atoms with van der Waals surface area (Å²) in [6.07, 6.45) is 0.963. The van der Waals surface area contributed by atoms with Crippen molar-refractivity contribution in [3.63, 3.8) is 0 Å². The normalized spacial score (nSPS) is 16.7. The molecule has 1 heterocycles. The molecule has 130 valence electrons. The van der Waals surface area contributed by atoms with E-state index >= 15 is 0 Å². The Bertz CT molecular complexity index is 791. The number of Topliss-reactive ketones (excluding diaryl/α,β-unsaturated/α-hetero) is 1. The molecule has 2 aromatic carbocycles. The van der Waals surface area contributed by atoms with E-state index in [2.05, 4.69) is 18.3 Å². The number of fused-ring (bicyclic) bond motifs is 1. The van der Waals surface area contributed by atoms with Gasteiger partial charge in [-0.2, -0.15) is 0 Å². The SMILES string of the molecule is CC(=O)c1cccc(NCC(=O)N2CCC(C)Sc3ccccc32)c1. The number of thioether (sulfide) groups is 1. The van der Waals surface area contributed by atoms with Gasteiger partial charge in [-0.25, -0.2) is 0 Å². The van der Waals surface area contributed by atoms with Crippen molar-refractivity contribution in [1.82, 2.24) is 0 Å². The van der Waals surface area contributed by atoms with Crippen molar-refractivity contribution < 1.29 is 9.59 Å². The largest absolute Gasteiger partial charge is 0.376 e. The van der Waals surface area contributed by atoms with E-state index in [4.69, 9.17) is 0 Å². The Morgan fingerprint density at radius 2 is 2.00 bits per heavy atom. The Balaban J connectivity index is 1.73. The Kier molecular flexibility index (Phi) is 5.43. The van der Waals surface area contributed by atoms with Crippen LogP contribution in [0.2, 0.25) is 0 Å². The number of amides is 1. The number of para-hydroxylation sites is 1. The van der Waals surface area contributed by atoms with Crippen LogP contribution in [0.15, 0.2) is 53.4 Å². The molecule has 1 aliphatic rings. The molecule has 3 rings (SSSR count). The van der Waals surface area contributed by atoms with Gasteiger partial charge < -0.3 is 10.2 Å². The average Bonchev–Trinajstić information content (AvgIpc) is 2.78. The summed E-state index contributed by atoms with van der Waals surface area (Å²) in [6.45, 7) is 4.66. The minimum Gasteiger partial charge on any atom is -0.376 e. The van der Waals surface area contributed by atoms with Gasteiger partial charge in [0.1, 0.15) is 0 Å². The van der Waals surface area contributed by atoms with Crippen molar-refractivity contribution in [2.45, 2.75) is 30.4 Å². The number of rotatable bonds is 4. The second-order valence-electron chi connectivity index (χ2n) is 6.22. The number of hydrogen-bond donors (Lipinski definition) is 1. The molecule has 2 aromatic rings. The fourth-order valence-electron chi connectivity index (χ4n) is 2.87. The molecule has 1 atom stereocenters. The summed E-state index contributed by atoms with van der Waals surface area (Å²) in [5.41, 5.74) is 2.41. The number of nitrogens with one attached hydrogen (secondary N) is 1. The van der Waals surface area contributed by atoms with Gasteiger partial charge in [0.25, 0.3) is 0 Å². The van der Waals surface area contributed by atoms with E-state index in [9.17, 15) is 9.59 Å². The minimum atomic E-state index is 0.0161. The predicted octanol–water partition coefficient (Wildman–Crippen LogP) is 4.22. The van der Waals surface area contributed by atoms with Gasteiger partial charge >= 0.3 is 0 Å². The zero-order valence-electron chi connectivity index (χ0n) is 14.5. The molecule has 1 unspecified atom stereocenters. The molecule has 0 saturated carbocycles. The van der Waals surface area contributed by atoms with Crippen LogP contribution in [-0.2, 0) is 4.79 Å². The van der Waals surface area contributed by atoms with Gasteiger partial charge in [-0.05, 0) is 37.6 Å². The van der Waals surface area contributed by atoms with E-state index in [1.807, 2.05) is 47.0 Å². The molecule has 0 aromatic heterocycles. The summed E-state index contributed by atoms with van der Waals surface area (Å²) in [4.78, 5) is 27.3. The predicted molar refractivity (Wildman–Crippen MR) is 104 cm³/mol. The number of ketones is 1. The Hall–Kier alpha value is -2.27. The van der Waals surface area contributed by atoms with E-state index < -0.39 is 0 Å². The molecule has 25 heavy (non-hydrogen) atoms. The van der Waals surface area contributed by atoms with E-state index in [1.165, 1.54) is 6.92 Å². The van der Waals surface area contributed by atoms with Crippen LogP contribution in [0.5, 0.6) is 0 Å². The second kappa shape index (κ2) is 7.74. The molecular formula is C20H22N2O2S. The average molecular weight is 354 g/mol. The first-order valence-electron chi connectivity index (χ1n) is 8.45. The maximum Gasteiger partial charge on any atom is 0.246 e. The highest BCUT2D eigenvalue weighted by Gasteiger charge is 2.23. The van der Waals surface area contributed by atoms with Crippen molar-refractivity contribution in [2.75, 3.05) is 23.3 Å². The van der Waals surface area contributed by atoms with Crippen LogP contribution in [0.3, 0.4) is 0 Å². The van der Waals surface area contributed by atoms with Crippen LogP contribution in [0.25, 0.3) is 0 Å². The summed E-state index contributed by atoms with van der Waals surface area (Å²) < 4.78 is 0. The first-order valence-corrected chi connectivity index (χ1v) is 9.33. The van der Waals surface area contributed by atoms with E-state index in [-0.39, 0.29) is 18.2 Å². The van der Waals surface area contributed by atoms with Gasteiger partial charge in [0.2, 0.25) is 5.91 Å². The maximum atomic E-state index is 12.8. The second-order valence-corrected chi connectivity index (χ2v) is 7.70. The standard InChI is InChI=1S/C20H22N2O2S/c1-14-10-11-22(18-8-3-4-9-19(18)25-14)20(24)13-21-17-7-5-6-16(12-17)15(2)23/h3-9,12,14,21H,10-11,13H2,1-2H3. The number of anilines is 2. The van der Waals surface area contributed by atoms with Crippen molar-refractivity contribution in [3.05, 3.63) is 54.1 Å². The Morgan fingerprint density at radius 3 is 2.80 bits per heavy atom. The number of nitrogens with zero attached hydrogens (tertiary/aromatic N) is 1. The highest BCUT2D eigenvalue weighted by Crippen LogP contribution is 2.37. The van der Waals surface area contributed by atoms with E-state index in [1.54, 1.807) is 12.1 Å². The lowest BCUT2D eigenvalue weighted by Crippen LogP contribution is -2.36. The molecule has 4 nitrogen and oxygen atoms in total. The number of carbonyl (C=O) groups is 2. The summed E-state index contributed by atoms with van der Waals surface area (Å²) in [5.74, 6) is 0.0535. The lowest BCUT2D eigenvalue weighted by molar-refractivity contribution is -0.117. The molecule has 1 aliphatic heterocycles. The maximum absolute atomic E-state index is 12.8. The van der Waals surface area contributed by atoms with Crippen molar-refractivity contribution in [2.24, 2.45) is 0 Å². The fraction of sp³-hybridized carbons (Fsp3) is 0.300. The number of hydrogen-bond acceptors (Lipinski definition) is 4. The van der Waals surface area contributed by atoms with Crippen LogP contribution in [-0.4, -0.2) is 30.0 Å². The third-order valence-corrected chi connectivity index (χ3v) is 5.49. The Labute approximate surface area is 152 Å². The van der Waals surface area contributed by atoms with Crippen molar-refractivity contribution in [3.8, 4) is 0 Å². The van der Waals surface area contributed by atoms with Gasteiger partial charge in [-0.3, -0.25) is 9.59 Å². The van der Waals surface area contributed by atoms with Gasteiger partial charge in [0.15, 0.2) is 5.78 Å². The third kappa shape index (κ3) is 4.23. The zero-order chi connectivity index (χ0) is 17.8. The quantitative estimate of drug-likeness (QED) is 0.835. The molecule has 1 N–H and O–H groups in total. The molecule has 0 fully saturated rings. The van der Waals surface area contributed by atoms with Gasteiger partial charge in [0, 0.05) is 27.9 Å². The monoisotopic (exact) mass is 354 g/mol. The van der Waals surface area contributed by atoms with E-state index in [0.29, 0.717) is 10.8 Å². The minimum absolute atomic E-state index is 0.0161. The van der Waals surface area contributed by atoms with Crippen LogP contribution in [0.1, 0.15) is 30.6 Å². The van der Waals surface area contributed by atoms with Gasteiger partial charge in [0.05, 0.1) is 12.2 Å². The summed E-state index contributed by atoms with van der Waals surface area (Å²) in [6, 6.07) is 15.3. The van der Waals surface area contributed by atoms with Crippen molar-refractivity contribution in [1.29, 1.82) is 0 Å². The molecule has 0 saturated heterocycles. The molecule has 0 radical (unpaired) electrons. The van der Waals surface area contributed by atoms with Gasteiger partial charge in [-0.1, -0.05) is 31.2 Å². The first-order chi connectivity index (χ1) is 12.0. The van der Waals surface area contributed by atoms with Crippen LogP contribution < -0.4 is 10.2 Å². The molecule has 5 heteroatoms. The molecule has 0 aliphatic carbocycles. The molecular weight excluding hydrogens is 332 g/mol. The lowest BCUT2D eigenvalue weighted by atomic mass is 10.1. The smallest absolute Gasteiger partial charge is 0.246 e. The first kappa shape index (κ1) is 17.5. The summed E-state index contributed by atoms with van der Waals surface area (Å²) in [5, 5.41) is 3.63. The molecule has 1 amide bonds. The fourth-order valence-corrected chi connectivity index (χ4v) is 3.98. The van der Waals surface area contributed by atoms with Crippen LogP contribution in [0, 0.1) is 0 Å².